The molecule has 1 aliphatic heterocycles. The minimum Gasteiger partial charge on any atom is -0.323 e. The minimum absolute atomic E-state index is 0.0197. The molecule has 1 saturated heterocycles. The van der Waals surface area contributed by atoms with E-state index in [-0.39, 0.29) is 24.3 Å². The molecule has 0 bridgehead atoms. The van der Waals surface area contributed by atoms with Crippen molar-refractivity contribution in [2.75, 3.05) is 4.90 Å². The molecule has 1 aliphatic carbocycles. The van der Waals surface area contributed by atoms with E-state index in [0.717, 1.165) is 23.3 Å². The van der Waals surface area contributed by atoms with Gasteiger partial charge >= 0.3 is 0 Å². The molecule has 5 nitrogen and oxygen atoms in total. The van der Waals surface area contributed by atoms with Crippen molar-refractivity contribution in [1.29, 1.82) is 0 Å². The van der Waals surface area contributed by atoms with E-state index in [1.165, 1.54) is 24.3 Å². The number of carbonyl (C=O) groups is 3. The van der Waals surface area contributed by atoms with Gasteiger partial charge in [-0.25, -0.2) is 9.29 Å². The number of hydrogen-bond donors (Lipinski definition) is 0. The van der Waals surface area contributed by atoms with Gasteiger partial charge in [-0.2, -0.15) is 0 Å². The lowest BCUT2D eigenvalue weighted by Crippen LogP contribution is -2.46. The quantitative estimate of drug-likeness (QED) is 0.782. The number of nitrogens with zero attached hydrogens (tertiary/aromatic N) is 2. The van der Waals surface area contributed by atoms with E-state index in [0.29, 0.717) is 11.3 Å². The number of anilines is 1. The fourth-order valence-corrected chi connectivity index (χ4v) is 3.45. The Bertz CT molecular complexity index is 904. The number of carbonyl (C=O) groups excluding carboxylic acids is 3. The van der Waals surface area contributed by atoms with Crippen molar-refractivity contribution in [2.24, 2.45) is 0 Å². The van der Waals surface area contributed by atoms with Crippen LogP contribution in [-0.4, -0.2) is 34.7 Å². The highest BCUT2D eigenvalue weighted by Gasteiger charge is 2.48. The van der Waals surface area contributed by atoms with Crippen molar-refractivity contribution >= 4 is 23.4 Å². The van der Waals surface area contributed by atoms with E-state index in [2.05, 4.69) is 0 Å². The van der Waals surface area contributed by atoms with Gasteiger partial charge in [0.2, 0.25) is 5.91 Å². The van der Waals surface area contributed by atoms with Crippen molar-refractivity contribution < 1.29 is 18.8 Å². The van der Waals surface area contributed by atoms with E-state index in [1.54, 1.807) is 17.0 Å². The van der Waals surface area contributed by atoms with Crippen LogP contribution in [0.3, 0.4) is 0 Å². The number of amides is 3. The number of benzene rings is 2. The van der Waals surface area contributed by atoms with Crippen LogP contribution >= 0.6 is 0 Å². The maximum absolute atomic E-state index is 13.2. The summed E-state index contributed by atoms with van der Waals surface area (Å²) in [5.74, 6) is -1.48. The lowest BCUT2D eigenvalue weighted by atomic mass is 10.1. The summed E-state index contributed by atoms with van der Waals surface area (Å²) in [7, 11) is 0. The first-order valence-electron chi connectivity index (χ1n) is 8.97. The number of halogens is 1. The molecule has 6 heteroatoms. The van der Waals surface area contributed by atoms with E-state index in [9.17, 15) is 18.8 Å². The molecule has 0 spiro atoms. The molecule has 0 N–H and O–H groups in total. The van der Waals surface area contributed by atoms with Crippen LogP contribution in [0.25, 0.3) is 0 Å². The molecule has 0 aromatic heterocycles. The lowest BCUT2D eigenvalue weighted by Gasteiger charge is -2.27. The Labute approximate surface area is 156 Å². The maximum Gasteiger partial charge on any atom is 0.257 e. The monoisotopic (exact) mass is 366 g/mol. The molecule has 2 aromatic rings. The Balaban J connectivity index is 1.63. The predicted molar refractivity (Wildman–Crippen MR) is 97.7 cm³/mol. The molecule has 3 amide bonds. The van der Waals surface area contributed by atoms with Gasteiger partial charge in [-0.1, -0.05) is 17.7 Å². The summed E-state index contributed by atoms with van der Waals surface area (Å²) in [5, 5.41) is 0. The van der Waals surface area contributed by atoms with Crippen LogP contribution in [-0.2, 0) is 9.59 Å². The van der Waals surface area contributed by atoms with Gasteiger partial charge in [-0.15, -0.1) is 0 Å². The molecule has 2 aliphatic rings. The summed E-state index contributed by atoms with van der Waals surface area (Å²) in [5.41, 5.74) is 1.87. The van der Waals surface area contributed by atoms with Crippen LogP contribution < -0.4 is 4.90 Å². The van der Waals surface area contributed by atoms with E-state index in [4.69, 9.17) is 0 Å². The average Bonchev–Trinajstić information content (AvgIpc) is 3.43. The highest BCUT2D eigenvalue weighted by atomic mass is 19.1. The highest BCUT2D eigenvalue weighted by molar-refractivity contribution is 6.23. The molecule has 138 valence electrons. The number of hydrogen-bond acceptors (Lipinski definition) is 3. The first-order chi connectivity index (χ1) is 13.0. The smallest absolute Gasteiger partial charge is 0.257 e. The maximum atomic E-state index is 13.2. The van der Waals surface area contributed by atoms with Crippen molar-refractivity contribution in [3.63, 3.8) is 0 Å². The van der Waals surface area contributed by atoms with Gasteiger partial charge in [-0.3, -0.25) is 14.4 Å². The molecule has 0 radical (unpaired) electrons. The topological polar surface area (TPSA) is 57.7 Å². The van der Waals surface area contributed by atoms with Crippen LogP contribution in [0, 0.1) is 12.7 Å². The van der Waals surface area contributed by atoms with Gasteiger partial charge < -0.3 is 4.90 Å². The Hall–Kier alpha value is -3.02. The fraction of sp³-hybridized carbons (Fsp3) is 0.286. The summed E-state index contributed by atoms with van der Waals surface area (Å²) < 4.78 is 13.2. The van der Waals surface area contributed by atoms with Gasteiger partial charge in [0.05, 0.1) is 12.1 Å². The predicted octanol–water partition coefficient (Wildman–Crippen LogP) is 3.07. The second-order valence-corrected chi connectivity index (χ2v) is 7.07. The summed E-state index contributed by atoms with van der Waals surface area (Å²) in [4.78, 5) is 41.2. The summed E-state index contributed by atoms with van der Waals surface area (Å²) in [6.45, 7) is 1.94. The van der Waals surface area contributed by atoms with Crippen LogP contribution in [0.5, 0.6) is 0 Å². The van der Waals surface area contributed by atoms with Crippen LogP contribution in [0.1, 0.15) is 35.2 Å². The van der Waals surface area contributed by atoms with Crippen LogP contribution in [0.4, 0.5) is 10.1 Å². The standard InChI is InChI=1S/C21H19FN2O3/c1-13-2-4-14(5-3-13)20(26)23(16-10-11-16)18-12-19(25)24(21(18)27)17-8-6-15(22)7-9-17/h2-9,16,18H,10-12H2,1H3. The van der Waals surface area contributed by atoms with Gasteiger partial charge in [0.25, 0.3) is 11.8 Å². The summed E-state index contributed by atoms with van der Waals surface area (Å²) in [6.07, 6.45) is 1.60. The minimum atomic E-state index is -0.816. The van der Waals surface area contributed by atoms with Crippen molar-refractivity contribution in [2.45, 2.75) is 38.3 Å². The van der Waals surface area contributed by atoms with Crippen LogP contribution in [0.15, 0.2) is 48.5 Å². The molecule has 2 fully saturated rings. The second kappa shape index (κ2) is 6.61. The van der Waals surface area contributed by atoms with Crippen LogP contribution in [0.2, 0.25) is 0 Å². The molecule has 2 aromatic carbocycles. The van der Waals surface area contributed by atoms with Gasteiger partial charge in [-0.05, 0) is 56.2 Å². The fourth-order valence-electron chi connectivity index (χ4n) is 3.45. The molecular weight excluding hydrogens is 347 g/mol. The van der Waals surface area contributed by atoms with Gasteiger partial charge in [0.1, 0.15) is 11.9 Å². The Morgan fingerprint density at radius 3 is 2.26 bits per heavy atom. The highest BCUT2D eigenvalue weighted by Crippen LogP contribution is 2.35. The zero-order valence-corrected chi connectivity index (χ0v) is 14.9. The lowest BCUT2D eigenvalue weighted by molar-refractivity contribution is -0.122. The molecule has 1 unspecified atom stereocenters. The molecule has 1 heterocycles. The molecular formula is C21H19FN2O3. The summed E-state index contributed by atoms with van der Waals surface area (Å²) >= 11 is 0. The van der Waals surface area contributed by atoms with Gasteiger partial charge in [0, 0.05) is 11.6 Å². The zero-order valence-electron chi connectivity index (χ0n) is 14.9. The third-order valence-corrected chi connectivity index (χ3v) is 5.02. The van der Waals surface area contributed by atoms with Gasteiger partial charge in [0.15, 0.2) is 0 Å². The normalized spacial score (nSPS) is 19.5. The molecule has 27 heavy (non-hydrogen) atoms. The largest absolute Gasteiger partial charge is 0.323 e. The van der Waals surface area contributed by atoms with E-state index < -0.39 is 17.8 Å². The summed E-state index contributed by atoms with van der Waals surface area (Å²) in [6, 6.07) is 11.6. The molecule has 4 rings (SSSR count). The van der Waals surface area contributed by atoms with E-state index >= 15 is 0 Å². The third kappa shape index (κ3) is 3.23. The molecule has 1 saturated carbocycles. The second-order valence-electron chi connectivity index (χ2n) is 7.07. The SMILES string of the molecule is Cc1ccc(C(=O)N(C2CC2)C2CC(=O)N(c3ccc(F)cc3)C2=O)cc1. The first kappa shape index (κ1) is 17.4. The van der Waals surface area contributed by atoms with Crippen molar-refractivity contribution in [3.05, 3.63) is 65.5 Å². The zero-order chi connectivity index (χ0) is 19.1. The van der Waals surface area contributed by atoms with Crippen molar-refractivity contribution in [3.8, 4) is 0 Å². The van der Waals surface area contributed by atoms with Crippen molar-refractivity contribution in [1.82, 2.24) is 4.90 Å². The third-order valence-electron chi connectivity index (χ3n) is 5.02. The average molecular weight is 366 g/mol. The number of aryl methyl sites for hydroxylation is 1. The Morgan fingerprint density at radius 2 is 1.67 bits per heavy atom. The Kier molecular flexibility index (Phi) is 4.26. The first-order valence-corrected chi connectivity index (χ1v) is 8.97. The van der Waals surface area contributed by atoms with E-state index in [1.807, 2.05) is 19.1 Å². The number of rotatable bonds is 4. The number of imide groups is 1. The molecule has 1 atom stereocenters. The Morgan fingerprint density at radius 1 is 1.04 bits per heavy atom.